The van der Waals surface area contributed by atoms with E-state index in [0.29, 0.717) is 17.9 Å². The molecule has 1 aliphatic carbocycles. The highest BCUT2D eigenvalue weighted by molar-refractivity contribution is 5.81. The van der Waals surface area contributed by atoms with Gasteiger partial charge in [0, 0.05) is 23.5 Å². The highest BCUT2D eigenvalue weighted by atomic mass is 16.7. The summed E-state index contributed by atoms with van der Waals surface area (Å²) in [6.45, 7) is 5.03. The van der Waals surface area contributed by atoms with Gasteiger partial charge in [-0.05, 0) is 79.1 Å². The van der Waals surface area contributed by atoms with Crippen molar-refractivity contribution in [1.82, 2.24) is 9.88 Å². The van der Waals surface area contributed by atoms with Crippen LogP contribution in [0, 0.1) is 19.8 Å². The van der Waals surface area contributed by atoms with Gasteiger partial charge in [0.2, 0.25) is 12.7 Å². The van der Waals surface area contributed by atoms with E-state index in [4.69, 9.17) is 9.47 Å². The van der Waals surface area contributed by atoms with Crippen molar-refractivity contribution >= 4 is 16.8 Å². The lowest BCUT2D eigenvalue weighted by Crippen LogP contribution is -2.37. The monoisotopic (exact) mass is 446 g/mol. The van der Waals surface area contributed by atoms with Crippen LogP contribution in [0.4, 0.5) is 0 Å². The first kappa shape index (κ1) is 21.6. The third kappa shape index (κ3) is 4.47. The number of carbonyl (C=O) groups excluding carboxylic acids is 1. The Morgan fingerprint density at radius 3 is 2.55 bits per heavy atom. The number of amides is 1. The molecule has 6 nitrogen and oxygen atoms in total. The molecule has 6 heteroatoms. The molecule has 2 aliphatic rings. The second-order valence-corrected chi connectivity index (χ2v) is 9.36. The van der Waals surface area contributed by atoms with Crippen molar-refractivity contribution in [2.75, 3.05) is 6.79 Å². The number of aryl methyl sites for hydroxylation is 2. The Hall–Kier alpha value is -3.28. The number of nitrogens with one attached hydrogen (secondary N) is 1. The van der Waals surface area contributed by atoms with Crippen molar-refractivity contribution in [3.8, 4) is 11.5 Å². The summed E-state index contributed by atoms with van der Waals surface area (Å²) < 4.78 is 10.9. The maximum absolute atomic E-state index is 13.6. The van der Waals surface area contributed by atoms with E-state index in [9.17, 15) is 9.59 Å². The highest BCUT2D eigenvalue weighted by Gasteiger charge is 2.27. The second kappa shape index (κ2) is 8.93. The molecular weight excluding hydrogens is 416 g/mol. The molecule has 33 heavy (non-hydrogen) atoms. The summed E-state index contributed by atoms with van der Waals surface area (Å²) in [4.78, 5) is 31.4. The van der Waals surface area contributed by atoms with Crippen LogP contribution in [0.5, 0.6) is 11.5 Å². The first-order valence-corrected chi connectivity index (χ1v) is 11.8. The molecule has 0 saturated heterocycles. The number of hydrogen-bond donors (Lipinski definition) is 1. The lowest BCUT2D eigenvalue weighted by atomic mass is 9.88. The number of carbonyl (C=O) groups is 1. The SMILES string of the molecule is Cc1cc2cc(CN(Cc3ccc4c(c3)OCO4)C(=O)C3CCCCC3)c(=O)[nH]c2cc1C. The predicted molar refractivity (Wildman–Crippen MR) is 127 cm³/mol. The van der Waals surface area contributed by atoms with Gasteiger partial charge >= 0.3 is 0 Å². The van der Waals surface area contributed by atoms with Crippen LogP contribution in [0.25, 0.3) is 10.9 Å². The Balaban J connectivity index is 1.47. The quantitative estimate of drug-likeness (QED) is 0.600. The first-order valence-electron chi connectivity index (χ1n) is 11.8. The number of fused-ring (bicyclic) bond motifs is 2. The molecule has 1 fully saturated rings. The van der Waals surface area contributed by atoms with Gasteiger partial charge in [0.1, 0.15) is 0 Å². The molecule has 1 saturated carbocycles. The highest BCUT2D eigenvalue weighted by Crippen LogP contribution is 2.33. The molecule has 1 amide bonds. The maximum Gasteiger partial charge on any atom is 0.253 e. The van der Waals surface area contributed by atoms with Crippen LogP contribution in [0.2, 0.25) is 0 Å². The number of ether oxygens (including phenoxy) is 2. The predicted octanol–water partition coefficient (Wildman–Crippen LogP) is 4.98. The average molecular weight is 447 g/mol. The van der Waals surface area contributed by atoms with Crippen LogP contribution >= 0.6 is 0 Å². The number of nitrogens with zero attached hydrogens (tertiary/aromatic N) is 1. The van der Waals surface area contributed by atoms with Gasteiger partial charge in [-0.3, -0.25) is 9.59 Å². The lowest BCUT2D eigenvalue weighted by molar-refractivity contribution is -0.137. The van der Waals surface area contributed by atoms with E-state index in [1.165, 1.54) is 12.0 Å². The van der Waals surface area contributed by atoms with E-state index in [-0.39, 0.29) is 30.7 Å². The van der Waals surface area contributed by atoms with Gasteiger partial charge in [0.05, 0.1) is 6.54 Å². The zero-order chi connectivity index (χ0) is 22.9. The molecule has 5 rings (SSSR count). The van der Waals surface area contributed by atoms with Crippen molar-refractivity contribution < 1.29 is 14.3 Å². The average Bonchev–Trinajstić information content (AvgIpc) is 3.28. The van der Waals surface area contributed by atoms with E-state index in [2.05, 4.69) is 18.0 Å². The molecule has 0 unspecified atom stereocenters. The first-order chi connectivity index (χ1) is 16.0. The molecule has 1 aliphatic heterocycles. The number of hydrogen-bond acceptors (Lipinski definition) is 4. The third-order valence-electron chi connectivity index (χ3n) is 6.97. The van der Waals surface area contributed by atoms with Crippen LogP contribution in [0.15, 0.2) is 41.2 Å². The Morgan fingerprint density at radius 2 is 1.73 bits per heavy atom. The largest absolute Gasteiger partial charge is 0.454 e. The molecule has 0 spiro atoms. The van der Waals surface area contributed by atoms with E-state index >= 15 is 0 Å². The molecular formula is C27H30N2O4. The fourth-order valence-corrected chi connectivity index (χ4v) is 4.92. The fourth-order valence-electron chi connectivity index (χ4n) is 4.92. The number of rotatable bonds is 5. The number of benzene rings is 2. The number of aromatic nitrogens is 1. The van der Waals surface area contributed by atoms with Crippen LogP contribution in [0.1, 0.15) is 54.4 Å². The van der Waals surface area contributed by atoms with Crippen molar-refractivity contribution in [3.05, 3.63) is 69.0 Å². The van der Waals surface area contributed by atoms with Crippen molar-refractivity contribution in [2.45, 2.75) is 59.0 Å². The number of aromatic amines is 1. The van der Waals surface area contributed by atoms with Crippen molar-refractivity contribution in [2.24, 2.45) is 5.92 Å². The summed E-state index contributed by atoms with van der Waals surface area (Å²) in [5, 5.41) is 0.987. The Kier molecular flexibility index (Phi) is 5.83. The summed E-state index contributed by atoms with van der Waals surface area (Å²) in [6, 6.07) is 11.8. The topological polar surface area (TPSA) is 71.6 Å². The molecule has 2 heterocycles. The van der Waals surface area contributed by atoms with Crippen LogP contribution in [-0.2, 0) is 17.9 Å². The van der Waals surface area contributed by atoms with E-state index in [1.54, 1.807) is 0 Å². The Bertz CT molecular complexity index is 1260. The minimum absolute atomic E-state index is 0.0252. The summed E-state index contributed by atoms with van der Waals surface area (Å²) in [7, 11) is 0. The molecule has 1 aromatic heterocycles. The Morgan fingerprint density at radius 1 is 0.970 bits per heavy atom. The van der Waals surface area contributed by atoms with Crippen LogP contribution in [0.3, 0.4) is 0 Å². The second-order valence-electron chi connectivity index (χ2n) is 9.36. The third-order valence-corrected chi connectivity index (χ3v) is 6.97. The molecule has 1 N–H and O–H groups in total. The molecule has 0 atom stereocenters. The smallest absolute Gasteiger partial charge is 0.253 e. The number of H-pyrrole nitrogens is 1. The van der Waals surface area contributed by atoms with Crippen molar-refractivity contribution in [1.29, 1.82) is 0 Å². The minimum Gasteiger partial charge on any atom is -0.454 e. The molecule has 2 aromatic carbocycles. The minimum atomic E-state index is -0.141. The van der Waals surface area contributed by atoms with Crippen LogP contribution in [-0.4, -0.2) is 22.6 Å². The van der Waals surface area contributed by atoms with E-state index < -0.39 is 0 Å². The van der Waals surface area contributed by atoms with Gasteiger partial charge in [-0.2, -0.15) is 0 Å². The van der Waals surface area contributed by atoms with Gasteiger partial charge < -0.3 is 19.4 Å². The number of pyridine rings is 1. The summed E-state index contributed by atoms with van der Waals surface area (Å²) in [6.07, 6.45) is 5.20. The summed E-state index contributed by atoms with van der Waals surface area (Å²) >= 11 is 0. The normalized spacial score (nSPS) is 15.7. The molecule has 0 bridgehead atoms. The lowest BCUT2D eigenvalue weighted by Gasteiger charge is -2.29. The zero-order valence-corrected chi connectivity index (χ0v) is 19.3. The van der Waals surface area contributed by atoms with Gasteiger partial charge in [-0.15, -0.1) is 0 Å². The summed E-state index contributed by atoms with van der Waals surface area (Å²) in [5.41, 5.74) is 4.58. The molecule has 172 valence electrons. The molecule has 0 radical (unpaired) electrons. The van der Waals surface area contributed by atoms with Crippen molar-refractivity contribution in [3.63, 3.8) is 0 Å². The Labute approximate surface area is 193 Å². The van der Waals surface area contributed by atoms with Gasteiger partial charge in [0.25, 0.3) is 5.56 Å². The zero-order valence-electron chi connectivity index (χ0n) is 19.3. The van der Waals surface area contributed by atoms with Gasteiger partial charge in [0.15, 0.2) is 11.5 Å². The van der Waals surface area contributed by atoms with Gasteiger partial charge in [-0.25, -0.2) is 0 Å². The van der Waals surface area contributed by atoms with E-state index in [1.807, 2.05) is 42.2 Å². The molecule has 3 aromatic rings. The van der Waals surface area contributed by atoms with Gasteiger partial charge in [-0.1, -0.05) is 25.3 Å². The van der Waals surface area contributed by atoms with E-state index in [0.717, 1.165) is 53.5 Å². The standard InChI is InChI=1S/C27H30N2O4/c1-17-10-21-13-22(26(30)28-23(21)11-18(17)2)15-29(27(31)20-6-4-3-5-7-20)14-19-8-9-24-25(12-19)33-16-32-24/h8-13,20H,3-7,14-16H2,1-2H3,(H,28,30). The summed E-state index contributed by atoms with van der Waals surface area (Å²) in [5.74, 6) is 1.58. The van der Waals surface area contributed by atoms with Crippen LogP contribution < -0.4 is 15.0 Å². The fraction of sp³-hybridized carbons (Fsp3) is 0.407. The maximum atomic E-state index is 13.6.